The summed E-state index contributed by atoms with van der Waals surface area (Å²) < 4.78 is 0. The molecule has 0 saturated carbocycles. The zero-order chi connectivity index (χ0) is 10.1. The molecule has 3 aromatic rings. The summed E-state index contributed by atoms with van der Waals surface area (Å²) in [6.45, 7) is 0. The maximum absolute atomic E-state index is 4.43. The minimum atomic E-state index is 0.672. The zero-order valence-electron chi connectivity index (χ0n) is 7.66. The van der Waals surface area contributed by atoms with Crippen molar-refractivity contribution in [3.05, 3.63) is 36.4 Å². The van der Waals surface area contributed by atoms with Gasteiger partial charge >= 0.3 is 0 Å². The van der Waals surface area contributed by atoms with E-state index < -0.39 is 0 Å². The van der Waals surface area contributed by atoms with Gasteiger partial charge in [0, 0.05) is 24.0 Å². The second-order valence-corrected chi connectivity index (χ2v) is 3.90. The van der Waals surface area contributed by atoms with E-state index in [0.717, 1.165) is 15.8 Å². The number of rotatable bonds is 1. The summed E-state index contributed by atoms with van der Waals surface area (Å²) in [7, 11) is 0. The van der Waals surface area contributed by atoms with Crippen LogP contribution in [0.15, 0.2) is 36.4 Å². The molecule has 0 aliphatic carbocycles. The molecule has 0 aromatic carbocycles. The molecular formula is C10H6N4S. The van der Waals surface area contributed by atoms with Crippen molar-refractivity contribution in [3.8, 4) is 11.4 Å². The molecule has 0 bridgehead atoms. The van der Waals surface area contributed by atoms with Gasteiger partial charge in [-0.2, -0.15) is 0 Å². The lowest BCUT2D eigenvalue weighted by molar-refractivity contribution is 1.14. The van der Waals surface area contributed by atoms with E-state index in [4.69, 9.17) is 0 Å². The van der Waals surface area contributed by atoms with Crippen molar-refractivity contribution < 1.29 is 0 Å². The maximum Gasteiger partial charge on any atom is 0.163 e. The van der Waals surface area contributed by atoms with E-state index in [2.05, 4.69) is 19.9 Å². The van der Waals surface area contributed by atoms with Crippen molar-refractivity contribution in [2.45, 2.75) is 0 Å². The summed E-state index contributed by atoms with van der Waals surface area (Å²) in [4.78, 5) is 17.6. The average molecular weight is 214 g/mol. The lowest BCUT2D eigenvalue weighted by atomic mass is 10.3. The van der Waals surface area contributed by atoms with Crippen LogP contribution in [0, 0.1) is 0 Å². The highest BCUT2D eigenvalue weighted by atomic mass is 32.1. The molecule has 3 rings (SSSR count). The molecule has 0 unspecified atom stereocenters. The lowest BCUT2D eigenvalue weighted by Crippen LogP contribution is -1.89. The Morgan fingerprint density at radius 2 is 1.93 bits per heavy atom. The summed E-state index contributed by atoms with van der Waals surface area (Å²) in [6.07, 6.45) is 6.73. The first-order valence-electron chi connectivity index (χ1n) is 4.39. The van der Waals surface area contributed by atoms with Gasteiger partial charge in [-0.05, 0) is 11.4 Å². The average Bonchev–Trinajstić information content (AvgIpc) is 2.77. The van der Waals surface area contributed by atoms with Crippen LogP contribution in [0.5, 0.6) is 0 Å². The standard InChI is InChI=1S/C10H6N4S/c1-2-15-10-7(1)5-13-9(14-10)8-3-11-6-12-4-8/h1-6H. The Morgan fingerprint density at radius 3 is 2.80 bits per heavy atom. The molecule has 0 atom stereocenters. The first kappa shape index (κ1) is 8.43. The van der Waals surface area contributed by atoms with Gasteiger partial charge in [0.2, 0.25) is 0 Å². The van der Waals surface area contributed by atoms with Crippen LogP contribution in [0.2, 0.25) is 0 Å². The second kappa shape index (κ2) is 3.36. The van der Waals surface area contributed by atoms with Crippen LogP contribution in [-0.2, 0) is 0 Å². The maximum atomic E-state index is 4.43. The SMILES string of the molecule is c1ncc(-c2ncc3ccsc3n2)cn1. The molecule has 3 heterocycles. The molecular weight excluding hydrogens is 208 g/mol. The van der Waals surface area contributed by atoms with Gasteiger partial charge in [0.25, 0.3) is 0 Å². The van der Waals surface area contributed by atoms with Crippen LogP contribution < -0.4 is 0 Å². The largest absolute Gasteiger partial charge is 0.244 e. The van der Waals surface area contributed by atoms with Gasteiger partial charge < -0.3 is 0 Å². The first-order chi connectivity index (χ1) is 7.43. The highest BCUT2D eigenvalue weighted by Gasteiger charge is 2.03. The van der Waals surface area contributed by atoms with Gasteiger partial charge in [-0.1, -0.05) is 0 Å². The Morgan fingerprint density at radius 1 is 1.07 bits per heavy atom. The zero-order valence-corrected chi connectivity index (χ0v) is 8.48. The molecule has 5 heteroatoms. The Kier molecular flexibility index (Phi) is 1.89. The molecule has 0 saturated heterocycles. The van der Waals surface area contributed by atoms with Crippen LogP contribution >= 0.6 is 11.3 Å². The normalized spacial score (nSPS) is 10.7. The van der Waals surface area contributed by atoms with Crippen molar-refractivity contribution >= 4 is 21.6 Å². The predicted octanol–water partition coefficient (Wildman–Crippen LogP) is 2.15. The first-order valence-corrected chi connectivity index (χ1v) is 5.27. The Hall–Kier alpha value is -1.88. The van der Waals surface area contributed by atoms with Gasteiger partial charge in [-0.3, -0.25) is 0 Å². The van der Waals surface area contributed by atoms with Gasteiger partial charge in [0.05, 0.1) is 5.56 Å². The third-order valence-electron chi connectivity index (χ3n) is 2.03. The number of hydrogen-bond acceptors (Lipinski definition) is 5. The van der Waals surface area contributed by atoms with Gasteiger partial charge in [0.15, 0.2) is 5.82 Å². The van der Waals surface area contributed by atoms with Gasteiger partial charge in [0.1, 0.15) is 11.2 Å². The van der Waals surface area contributed by atoms with E-state index in [1.54, 1.807) is 23.7 Å². The minimum Gasteiger partial charge on any atom is -0.244 e. The van der Waals surface area contributed by atoms with Crippen LogP contribution in [0.25, 0.3) is 21.6 Å². The van der Waals surface area contributed by atoms with Gasteiger partial charge in [-0.15, -0.1) is 11.3 Å². The fourth-order valence-corrected chi connectivity index (χ4v) is 2.05. The third-order valence-corrected chi connectivity index (χ3v) is 2.85. The van der Waals surface area contributed by atoms with Crippen LogP contribution in [-0.4, -0.2) is 19.9 Å². The topological polar surface area (TPSA) is 51.6 Å². The van der Waals surface area contributed by atoms with Crippen molar-refractivity contribution in [2.24, 2.45) is 0 Å². The van der Waals surface area contributed by atoms with Crippen molar-refractivity contribution in [3.63, 3.8) is 0 Å². The molecule has 0 spiro atoms. The molecule has 0 aliphatic heterocycles. The van der Waals surface area contributed by atoms with E-state index in [-0.39, 0.29) is 0 Å². The number of nitrogens with zero attached hydrogens (tertiary/aromatic N) is 4. The van der Waals surface area contributed by atoms with Crippen LogP contribution in [0.1, 0.15) is 0 Å². The monoisotopic (exact) mass is 214 g/mol. The van der Waals surface area contributed by atoms with E-state index in [9.17, 15) is 0 Å². The minimum absolute atomic E-state index is 0.672. The fourth-order valence-electron chi connectivity index (χ4n) is 1.31. The Labute approximate surface area is 89.7 Å². The van der Waals surface area contributed by atoms with Gasteiger partial charge in [-0.25, -0.2) is 19.9 Å². The van der Waals surface area contributed by atoms with Crippen molar-refractivity contribution in [1.29, 1.82) is 0 Å². The number of hydrogen-bond donors (Lipinski definition) is 0. The number of thiophene rings is 1. The highest BCUT2D eigenvalue weighted by molar-refractivity contribution is 7.16. The predicted molar refractivity (Wildman–Crippen MR) is 58.4 cm³/mol. The van der Waals surface area contributed by atoms with Crippen molar-refractivity contribution in [1.82, 2.24) is 19.9 Å². The van der Waals surface area contributed by atoms with E-state index in [1.807, 2.05) is 17.6 Å². The summed E-state index contributed by atoms with van der Waals surface area (Å²) >= 11 is 1.60. The quantitative estimate of drug-likeness (QED) is 0.622. The summed E-state index contributed by atoms with van der Waals surface area (Å²) in [5.41, 5.74) is 0.841. The Balaban J connectivity index is 2.19. The molecule has 0 amide bonds. The second-order valence-electron chi connectivity index (χ2n) is 3.00. The van der Waals surface area contributed by atoms with Crippen molar-refractivity contribution in [2.75, 3.05) is 0 Å². The lowest BCUT2D eigenvalue weighted by Gasteiger charge is -1.97. The fraction of sp³-hybridized carbons (Fsp3) is 0. The molecule has 0 radical (unpaired) electrons. The van der Waals surface area contributed by atoms with Crippen LogP contribution in [0.4, 0.5) is 0 Å². The Bertz CT molecular complexity index is 590. The molecule has 4 nitrogen and oxygen atoms in total. The molecule has 0 aliphatic rings. The van der Waals surface area contributed by atoms with E-state index >= 15 is 0 Å². The number of aromatic nitrogens is 4. The molecule has 0 N–H and O–H groups in total. The van der Waals surface area contributed by atoms with E-state index in [1.165, 1.54) is 6.33 Å². The highest BCUT2D eigenvalue weighted by Crippen LogP contribution is 2.20. The smallest absolute Gasteiger partial charge is 0.163 e. The molecule has 72 valence electrons. The van der Waals surface area contributed by atoms with E-state index in [0.29, 0.717) is 5.82 Å². The number of fused-ring (bicyclic) bond motifs is 1. The summed E-state index contributed by atoms with van der Waals surface area (Å²) in [5, 5.41) is 3.07. The summed E-state index contributed by atoms with van der Waals surface area (Å²) in [6, 6.07) is 2.01. The third kappa shape index (κ3) is 1.46. The molecule has 0 fully saturated rings. The van der Waals surface area contributed by atoms with Crippen LogP contribution in [0.3, 0.4) is 0 Å². The molecule has 3 aromatic heterocycles. The molecule has 15 heavy (non-hydrogen) atoms. The summed E-state index contributed by atoms with van der Waals surface area (Å²) in [5.74, 6) is 0.672.